The number of hydrogen-bond acceptors (Lipinski definition) is 5. The van der Waals surface area contributed by atoms with Crippen molar-refractivity contribution in [3.8, 4) is 0 Å². The SMILES string of the molecule is CCCCO[C@H]1C[C@]2(C)OC(=O)[C@@]1(Sc1ccccc1)N=C2Cl. The van der Waals surface area contributed by atoms with E-state index in [-0.39, 0.29) is 12.1 Å². The van der Waals surface area contributed by atoms with Crippen molar-refractivity contribution >= 4 is 34.5 Å². The normalized spacial score (nSPS) is 32.6. The number of halogens is 1. The first-order valence-electron chi connectivity index (χ1n) is 7.85. The maximum absolute atomic E-state index is 12.7. The molecule has 23 heavy (non-hydrogen) atoms. The van der Waals surface area contributed by atoms with E-state index < -0.39 is 10.5 Å². The van der Waals surface area contributed by atoms with Gasteiger partial charge in [-0.1, -0.05) is 54.9 Å². The lowest BCUT2D eigenvalue weighted by molar-refractivity contribution is -0.177. The molecule has 6 heteroatoms. The number of benzene rings is 1. The zero-order valence-electron chi connectivity index (χ0n) is 13.3. The highest BCUT2D eigenvalue weighted by molar-refractivity contribution is 8.01. The summed E-state index contributed by atoms with van der Waals surface area (Å²) in [6.07, 6.45) is 2.18. The van der Waals surface area contributed by atoms with Crippen LogP contribution in [-0.4, -0.2) is 34.3 Å². The largest absolute Gasteiger partial charge is 0.449 e. The molecule has 0 saturated carbocycles. The number of unbranched alkanes of at least 4 members (excludes halogenated alkanes) is 1. The number of rotatable bonds is 6. The molecule has 0 radical (unpaired) electrons. The molecule has 1 saturated heterocycles. The summed E-state index contributed by atoms with van der Waals surface area (Å²) >= 11 is 7.66. The van der Waals surface area contributed by atoms with Crippen molar-refractivity contribution in [3.05, 3.63) is 30.3 Å². The Labute approximate surface area is 145 Å². The van der Waals surface area contributed by atoms with Crippen LogP contribution >= 0.6 is 23.4 Å². The van der Waals surface area contributed by atoms with E-state index in [1.54, 1.807) is 6.92 Å². The van der Waals surface area contributed by atoms with Crippen LogP contribution in [0.25, 0.3) is 0 Å². The number of carbonyl (C=O) groups excluding carboxylic acids is 1. The number of aliphatic imine (C=N–C) groups is 1. The zero-order chi connectivity index (χ0) is 16.5. The molecular formula is C17H20ClNO3S. The zero-order valence-corrected chi connectivity index (χ0v) is 14.8. The van der Waals surface area contributed by atoms with Gasteiger partial charge in [0.05, 0.1) is 0 Å². The molecule has 4 nitrogen and oxygen atoms in total. The molecule has 0 amide bonds. The summed E-state index contributed by atoms with van der Waals surface area (Å²) in [5.74, 6) is -0.369. The van der Waals surface area contributed by atoms with Gasteiger partial charge in [-0.3, -0.25) is 0 Å². The third-order valence-corrected chi connectivity index (χ3v) is 5.98. The molecule has 0 spiro atoms. The van der Waals surface area contributed by atoms with Gasteiger partial charge in [0.15, 0.2) is 5.60 Å². The van der Waals surface area contributed by atoms with Crippen LogP contribution in [-0.2, 0) is 14.3 Å². The van der Waals surface area contributed by atoms with Crippen LogP contribution in [0.5, 0.6) is 0 Å². The van der Waals surface area contributed by atoms with Crippen LogP contribution in [0.3, 0.4) is 0 Å². The van der Waals surface area contributed by atoms with E-state index in [1.807, 2.05) is 30.3 Å². The molecule has 3 atom stereocenters. The number of carbonyl (C=O) groups is 1. The minimum Gasteiger partial charge on any atom is -0.449 e. The second-order valence-corrected chi connectivity index (χ2v) is 7.71. The first-order valence-corrected chi connectivity index (χ1v) is 9.04. The van der Waals surface area contributed by atoms with Crippen LogP contribution < -0.4 is 0 Å². The van der Waals surface area contributed by atoms with Crippen LogP contribution in [0, 0.1) is 0 Å². The van der Waals surface area contributed by atoms with E-state index in [4.69, 9.17) is 21.1 Å². The summed E-state index contributed by atoms with van der Waals surface area (Å²) in [7, 11) is 0. The number of ether oxygens (including phenoxy) is 2. The fourth-order valence-electron chi connectivity index (χ4n) is 2.79. The Hall–Kier alpha value is -1.04. The Morgan fingerprint density at radius 2 is 2.17 bits per heavy atom. The number of nitrogens with zero attached hydrogens (tertiary/aromatic N) is 1. The highest BCUT2D eigenvalue weighted by atomic mass is 35.5. The minimum atomic E-state index is -1.15. The van der Waals surface area contributed by atoms with Crippen molar-refractivity contribution in [1.82, 2.24) is 0 Å². The summed E-state index contributed by atoms with van der Waals surface area (Å²) in [6.45, 7) is 4.51. The Morgan fingerprint density at radius 3 is 2.87 bits per heavy atom. The molecule has 0 N–H and O–H groups in total. The summed E-state index contributed by atoms with van der Waals surface area (Å²) in [5, 5.41) is 0.343. The number of hydrogen-bond donors (Lipinski definition) is 0. The van der Waals surface area contributed by atoms with Crippen LogP contribution in [0.4, 0.5) is 0 Å². The summed E-state index contributed by atoms with van der Waals surface area (Å²) in [6, 6.07) is 9.68. The van der Waals surface area contributed by atoms with Gasteiger partial charge < -0.3 is 9.47 Å². The van der Waals surface area contributed by atoms with Gasteiger partial charge in [-0.25, -0.2) is 9.79 Å². The number of esters is 1. The van der Waals surface area contributed by atoms with Crippen molar-refractivity contribution in [3.63, 3.8) is 0 Å². The fourth-order valence-corrected chi connectivity index (χ4v) is 4.29. The van der Waals surface area contributed by atoms with Gasteiger partial charge in [-0.05, 0) is 25.5 Å². The molecule has 124 valence electrons. The molecule has 0 aliphatic carbocycles. The Kier molecular flexibility index (Phi) is 4.72. The third kappa shape index (κ3) is 3.02. The summed E-state index contributed by atoms with van der Waals surface area (Å²) in [4.78, 5) is 17.0. The molecule has 1 aromatic carbocycles. The third-order valence-electron chi connectivity index (χ3n) is 4.16. The second kappa shape index (κ2) is 6.46. The molecule has 3 aliphatic rings. The maximum Gasteiger partial charge on any atom is 0.348 e. The van der Waals surface area contributed by atoms with Crippen molar-refractivity contribution in [2.24, 2.45) is 4.99 Å². The van der Waals surface area contributed by atoms with Crippen molar-refractivity contribution in [1.29, 1.82) is 0 Å². The van der Waals surface area contributed by atoms with Crippen LogP contribution in [0.1, 0.15) is 33.1 Å². The predicted octanol–water partition coefficient (Wildman–Crippen LogP) is 4.02. The Bertz CT molecular complexity index is 624. The van der Waals surface area contributed by atoms with Crippen molar-refractivity contribution < 1.29 is 14.3 Å². The van der Waals surface area contributed by atoms with E-state index >= 15 is 0 Å². The Morgan fingerprint density at radius 1 is 1.43 bits per heavy atom. The van der Waals surface area contributed by atoms with E-state index in [9.17, 15) is 4.79 Å². The van der Waals surface area contributed by atoms with Gasteiger partial charge in [-0.2, -0.15) is 0 Å². The summed E-state index contributed by atoms with van der Waals surface area (Å²) < 4.78 is 11.6. The van der Waals surface area contributed by atoms with E-state index in [0.29, 0.717) is 18.2 Å². The second-order valence-electron chi connectivity index (χ2n) is 6.05. The maximum atomic E-state index is 12.7. The molecule has 1 aromatic rings. The van der Waals surface area contributed by atoms with E-state index in [2.05, 4.69) is 11.9 Å². The van der Waals surface area contributed by atoms with E-state index in [1.165, 1.54) is 11.8 Å². The Balaban J connectivity index is 1.94. The summed E-state index contributed by atoms with van der Waals surface area (Å²) in [5.41, 5.74) is -0.867. The number of thioether (sulfide) groups is 1. The van der Waals surface area contributed by atoms with Gasteiger partial charge in [0.2, 0.25) is 4.87 Å². The monoisotopic (exact) mass is 353 g/mol. The van der Waals surface area contributed by atoms with Gasteiger partial charge in [0.1, 0.15) is 11.3 Å². The van der Waals surface area contributed by atoms with Crippen molar-refractivity contribution in [2.45, 2.75) is 54.6 Å². The molecule has 3 heterocycles. The molecular weight excluding hydrogens is 334 g/mol. The first-order chi connectivity index (χ1) is 11.0. The van der Waals surface area contributed by atoms with Gasteiger partial charge in [0.25, 0.3) is 0 Å². The molecule has 0 unspecified atom stereocenters. The average Bonchev–Trinajstić information content (AvgIpc) is 2.52. The quantitative estimate of drug-likeness (QED) is 0.572. The van der Waals surface area contributed by atoms with Crippen LogP contribution in [0.2, 0.25) is 0 Å². The van der Waals surface area contributed by atoms with Gasteiger partial charge in [-0.15, -0.1) is 0 Å². The molecule has 3 aliphatic heterocycles. The highest BCUT2D eigenvalue weighted by Gasteiger charge is 2.63. The number of fused-ring (bicyclic) bond motifs is 2. The lowest BCUT2D eigenvalue weighted by Crippen LogP contribution is -2.64. The standard InChI is InChI=1S/C17H20ClNO3S/c1-3-4-10-21-13-11-16(2)14(18)19-17(13,15(20)22-16)23-12-8-6-5-7-9-12/h5-9,13H,3-4,10-11H2,1-2H3/t13-,16-,17+/m0/s1. The average molecular weight is 354 g/mol. The lowest BCUT2D eigenvalue weighted by atomic mass is 9.87. The molecule has 4 rings (SSSR count). The first kappa shape index (κ1) is 16.8. The molecule has 2 bridgehead atoms. The fraction of sp³-hybridized carbons (Fsp3) is 0.529. The van der Waals surface area contributed by atoms with Gasteiger partial charge >= 0.3 is 5.97 Å². The minimum absolute atomic E-state index is 0.340. The van der Waals surface area contributed by atoms with Gasteiger partial charge in [0, 0.05) is 17.9 Å². The van der Waals surface area contributed by atoms with Crippen LogP contribution in [0.15, 0.2) is 40.2 Å². The highest BCUT2D eigenvalue weighted by Crippen LogP contribution is 2.51. The lowest BCUT2D eigenvalue weighted by Gasteiger charge is -2.49. The van der Waals surface area contributed by atoms with E-state index in [0.717, 1.165) is 17.7 Å². The molecule has 1 fully saturated rings. The predicted molar refractivity (Wildman–Crippen MR) is 92.1 cm³/mol. The topological polar surface area (TPSA) is 47.9 Å². The molecule has 0 aromatic heterocycles. The van der Waals surface area contributed by atoms with Crippen molar-refractivity contribution in [2.75, 3.05) is 6.61 Å². The smallest absolute Gasteiger partial charge is 0.348 e.